The van der Waals surface area contributed by atoms with Crippen molar-refractivity contribution in [1.29, 1.82) is 0 Å². The lowest BCUT2D eigenvalue weighted by molar-refractivity contribution is 0.131. The molecule has 0 bridgehead atoms. The second-order valence-corrected chi connectivity index (χ2v) is 7.37. The Morgan fingerprint density at radius 1 is 0.931 bits per heavy atom. The van der Waals surface area contributed by atoms with Crippen LogP contribution in [-0.2, 0) is 19.6 Å². The van der Waals surface area contributed by atoms with Crippen LogP contribution in [0, 0.1) is 0 Å². The number of piperazine rings is 1. The first-order valence-electron chi connectivity index (χ1n) is 10.3. The number of methoxy groups -OCH3 is 1. The van der Waals surface area contributed by atoms with Crippen LogP contribution in [0.25, 0.3) is 0 Å². The number of carbonyl (C=O) groups excluding carboxylic acids is 1. The molecule has 1 heterocycles. The van der Waals surface area contributed by atoms with E-state index in [1.165, 1.54) is 11.1 Å². The molecule has 6 heteroatoms. The maximum Gasteiger partial charge on any atom is 0.315 e. The number of urea groups is 1. The third kappa shape index (κ3) is 6.48. The van der Waals surface area contributed by atoms with E-state index in [1.807, 2.05) is 30.3 Å². The number of hydrogen-bond donors (Lipinski definition) is 2. The molecule has 3 rings (SSSR count). The minimum absolute atomic E-state index is 0.167. The van der Waals surface area contributed by atoms with E-state index in [9.17, 15) is 4.79 Å². The molecule has 1 aliphatic rings. The first-order valence-corrected chi connectivity index (χ1v) is 10.3. The number of ether oxygens (including phenoxy) is 1. The van der Waals surface area contributed by atoms with Gasteiger partial charge in [0.2, 0.25) is 0 Å². The normalized spacial score (nSPS) is 15.1. The molecule has 1 fully saturated rings. The van der Waals surface area contributed by atoms with Crippen LogP contribution in [0.5, 0.6) is 5.75 Å². The summed E-state index contributed by atoms with van der Waals surface area (Å²) in [6.07, 6.45) is 0. The summed E-state index contributed by atoms with van der Waals surface area (Å²) in [5.41, 5.74) is 3.46. The molecule has 0 saturated carbocycles. The highest BCUT2D eigenvalue weighted by Gasteiger charge is 2.16. The summed E-state index contributed by atoms with van der Waals surface area (Å²) in [5, 5.41) is 5.89. The van der Waals surface area contributed by atoms with Gasteiger partial charge in [0, 0.05) is 45.8 Å². The second kappa shape index (κ2) is 10.8. The Bertz CT molecular complexity index is 788. The van der Waals surface area contributed by atoms with Crippen molar-refractivity contribution in [3.05, 3.63) is 65.2 Å². The topological polar surface area (TPSA) is 56.8 Å². The van der Waals surface area contributed by atoms with Gasteiger partial charge in [-0.25, -0.2) is 4.79 Å². The highest BCUT2D eigenvalue weighted by atomic mass is 16.5. The van der Waals surface area contributed by atoms with Crippen LogP contribution in [0.3, 0.4) is 0 Å². The van der Waals surface area contributed by atoms with Gasteiger partial charge in [0.1, 0.15) is 5.75 Å². The van der Waals surface area contributed by atoms with Crippen molar-refractivity contribution in [2.45, 2.75) is 26.6 Å². The Balaban J connectivity index is 1.48. The Kier molecular flexibility index (Phi) is 7.90. The molecule has 1 saturated heterocycles. The SMILES string of the molecule is CCN1CCN(Cc2ccccc2CNC(=O)NCc2cccc(OC)c2)CC1. The van der Waals surface area contributed by atoms with E-state index >= 15 is 0 Å². The van der Waals surface area contributed by atoms with Crippen molar-refractivity contribution in [2.24, 2.45) is 0 Å². The highest BCUT2D eigenvalue weighted by Crippen LogP contribution is 2.14. The lowest BCUT2D eigenvalue weighted by Crippen LogP contribution is -2.45. The fraction of sp³-hybridized carbons (Fsp3) is 0.435. The van der Waals surface area contributed by atoms with Crippen LogP contribution >= 0.6 is 0 Å². The largest absolute Gasteiger partial charge is 0.497 e. The van der Waals surface area contributed by atoms with Gasteiger partial charge in [-0.15, -0.1) is 0 Å². The molecule has 0 aliphatic carbocycles. The minimum Gasteiger partial charge on any atom is -0.497 e. The molecule has 2 aromatic carbocycles. The maximum absolute atomic E-state index is 12.2. The molecule has 0 atom stereocenters. The average Bonchev–Trinajstić information content (AvgIpc) is 2.77. The molecule has 0 aromatic heterocycles. The Labute approximate surface area is 173 Å². The van der Waals surface area contributed by atoms with Gasteiger partial charge in [-0.3, -0.25) is 4.90 Å². The van der Waals surface area contributed by atoms with E-state index in [2.05, 4.69) is 45.6 Å². The third-order valence-electron chi connectivity index (χ3n) is 5.45. The lowest BCUT2D eigenvalue weighted by atomic mass is 10.1. The van der Waals surface area contributed by atoms with Gasteiger partial charge < -0.3 is 20.3 Å². The van der Waals surface area contributed by atoms with E-state index in [1.54, 1.807) is 7.11 Å². The number of amides is 2. The predicted molar refractivity (Wildman–Crippen MR) is 116 cm³/mol. The molecule has 0 unspecified atom stereocenters. The van der Waals surface area contributed by atoms with Gasteiger partial charge in [-0.1, -0.05) is 43.3 Å². The smallest absolute Gasteiger partial charge is 0.315 e. The fourth-order valence-electron chi connectivity index (χ4n) is 3.59. The van der Waals surface area contributed by atoms with Crippen LogP contribution in [-0.4, -0.2) is 55.7 Å². The zero-order valence-corrected chi connectivity index (χ0v) is 17.5. The summed E-state index contributed by atoms with van der Waals surface area (Å²) in [6.45, 7) is 9.71. The fourth-order valence-corrected chi connectivity index (χ4v) is 3.59. The molecular formula is C23H32N4O2. The van der Waals surface area contributed by atoms with Gasteiger partial charge in [-0.05, 0) is 35.4 Å². The van der Waals surface area contributed by atoms with E-state index in [0.717, 1.165) is 50.6 Å². The number of nitrogens with zero attached hydrogens (tertiary/aromatic N) is 2. The average molecular weight is 397 g/mol. The second-order valence-electron chi connectivity index (χ2n) is 7.37. The van der Waals surface area contributed by atoms with Gasteiger partial charge in [0.25, 0.3) is 0 Å². The lowest BCUT2D eigenvalue weighted by Gasteiger charge is -2.34. The zero-order valence-electron chi connectivity index (χ0n) is 17.5. The predicted octanol–water partition coefficient (Wildman–Crippen LogP) is 2.83. The van der Waals surface area contributed by atoms with Crippen LogP contribution in [0.4, 0.5) is 4.79 Å². The standard InChI is InChI=1S/C23H32N4O2/c1-3-26-11-13-27(14-12-26)18-21-9-5-4-8-20(21)17-25-23(28)24-16-19-7-6-10-22(15-19)29-2/h4-10,15H,3,11-14,16-18H2,1-2H3,(H2,24,25,28). The summed E-state index contributed by atoms with van der Waals surface area (Å²) in [5.74, 6) is 0.790. The Morgan fingerprint density at radius 3 is 2.34 bits per heavy atom. The number of likely N-dealkylation sites (N-methyl/N-ethyl adjacent to an activating group) is 1. The number of nitrogens with one attached hydrogen (secondary N) is 2. The monoisotopic (exact) mass is 396 g/mol. The molecule has 2 N–H and O–H groups in total. The van der Waals surface area contributed by atoms with E-state index in [-0.39, 0.29) is 6.03 Å². The summed E-state index contributed by atoms with van der Waals surface area (Å²) < 4.78 is 5.22. The van der Waals surface area contributed by atoms with Crippen molar-refractivity contribution in [3.63, 3.8) is 0 Å². The summed E-state index contributed by atoms with van der Waals surface area (Å²) in [6, 6.07) is 15.9. The molecule has 2 aromatic rings. The molecule has 1 aliphatic heterocycles. The summed E-state index contributed by atoms with van der Waals surface area (Å²) in [7, 11) is 1.64. The van der Waals surface area contributed by atoms with Gasteiger partial charge in [0.05, 0.1) is 7.11 Å². The number of hydrogen-bond acceptors (Lipinski definition) is 4. The quantitative estimate of drug-likeness (QED) is 0.720. The van der Waals surface area contributed by atoms with Crippen LogP contribution in [0.1, 0.15) is 23.6 Å². The highest BCUT2D eigenvalue weighted by molar-refractivity contribution is 5.73. The third-order valence-corrected chi connectivity index (χ3v) is 5.45. The van der Waals surface area contributed by atoms with E-state index < -0.39 is 0 Å². The van der Waals surface area contributed by atoms with E-state index in [0.29, 0.717) is 13.1 Å². The van der Waals surface area contributed by atoms with Gasteiger partial charge in [0.15, 0.2) is 0 Å². The van der Waals surface area contributed by atoms with Crippen LogP contribution in [0.2, 0.25) is 0 Å². The molecule has 2 amide bonds. The minimum atomic E-state index is -0.167. The van der Waals surface area contributed by atoms with Crippen molar-refractivity contribution in [3.8, 4) is 5.75 Å². The van der Waals surface area contributed by atoms with Gasteiger partial charge in [-0.2, -0.15) is 0 Å². The number of carbonyl (C=O) groups is 1. The zero-order chi connectivity index (χ0) is 20.5. The molecule has 29 heavy (non-hydrogen) atoms. The van der Waals surface area contributed by atoms with Crippen molar-refractivity contribution in [2.75, 3.05) is 39.8 Å². The summed E-state index contributed by atoms with van der Waals surface area (Å²) >= 11 is 0. The summed E-state index contributed by atoms with van der Waals surface area (Å²) in [4.78, 5) is 17.2. The molecule has 0 spiro atoms. The van der Waals surface area contributed by atoms with Crippen molar-refractivity contribution < 1.29 is 9.53 Å². The molecule has 156 valence electrons. The van der Waals surface area contributed by atoms with Crippen molar-refractivity contribution in [1.82, 2.24) is 20.4 Å². The van der Waals surface area contributed by atoms with E-state index in [4.69, 9.17) is 4.74 Å². The van der Waals surface area contributed by atoms with Crippen LogP contribution in [0.15, 0.2) is 48.5 Å². The first-order chi connectivity index (χ1) is 14.2. The first kappa shape index (κ1) is 21.1. The molecular weight excluding hydrogens is 364 g/mol. The van der Waals surface area contributed by atoms with Crippen molar-refractivity contribution >= 4 is 6.03 Å². The van der Waals surface area contributed by atoms with Gasteiger partial charge >= 0.3 is 6.03 Å². The molecule has 0 radical (unpaired) electrons. The maximum atomic E-state index is 12.2. The van der Waals surface area contributed by atoms with Crippen LogP contribution < -0.4 is 15.4 Å². The Hall–Kier alpha value is -2.57. The Morgan fingerprint density at radius 2 is 1.62 bits per heavy atom. The number of rotatable bonds is 8. The molecule has 6 nitrogen and oxygen atoms in total. The number of benzene rings is 2.